The van der Waals surface area contributed by atoms with Crippen molar-refractivity contribution >= 4 is 5.91 Å². The number of nitrogens with zero attached hydrogens (tertiary/aromatic N) is 3. The van der Waals surface area contributed by atoms with Crippen LogP contribution in [0.4, 0.5) is 0 Å². The fourth-order valence-corrected chi connectivity index (χ4v) is 2.51. The summed E-state index contributed by atoms with van der Waals surface area (Å²) in [4.78, 5) is 14.0. The summed E-state index contributed by atoms with van der Waals surface area (Å²) in [5.74, 6) is 0.288. The molecule has 0 aromatic carbocycles. The van der Waals surface area contributed by atoms with Gasteiger partial charge in [-0.3, -0.25) is 9.48 Å². The third kappa shape index (κ3) is 4.06. The smallest absolute Gasteiger partial charge is 0.223 e. The Kier molecular flexibility index (Phi) is 5.39. The van der Waals surface area contributed by atoms with Crippen molar-refractivity contribution in [2.75, 3.05) is 19.6 Å². The van der Waals surface area contributed by atoms with Gasteiger partial charge >= 0.3 is 0 Å². The van der Waals surface area contributed by atoms with Gasteiger partial charge in [0, 0.05) is 45.3 Å². The molecule has 1 amide bonds. The molecule has 106 valence electrons. The first-order valence-corrected chi connectivity index (χ1v) is 7.30. The van der Waals surface area contributed by atoms with Crippen LogP contribution in [0.3, 0.4) is 0 Å². The van der Waals surface area contributed by atoms with Crippen molar-refractivity contribution in [3.05, 3.63) is 18.0 Å². The molecule has 0 spiro atoms. The van der Waals surface area contributed by atoms with Gasteiger partial charge in [-0.05, 0) is 32.3 Å². The topological polar surface area (TPSA) is 50.2 Å². The lowest BCUT2D eigenvalue weighted by Gasteiger charge is -2.26. The molecule has 1 aliphatic rings. The molecule has 1 aromatic heterocycles. The summed E-state index contributed by atoms with van der Waals surface area (Å²) in [5, 5.41) is 7.55. The van der Waals surface area contributed by atoms with Gasteiger partial charge < -0.3 is 10.2 Å². The number of amides is 1. The summed E-state index contributed by atoms with van der Waals surface area (Å²) >= 11 is 0. The average molecular weight is 264 g/mol. The predicted octanol–water partition coefficient (Wildman–Crippen LogP) is 1.40. The fourth-order valence-electron chi connectivity index (χ4n) is 2.51. The Morgan fingerprint density at radius 3 is 2.89 bits per heavy atom. The molecule has 1 saturated heterocycles. The Morgan fingerprint density at radius 1 is 1.37 bits per heavy atom. The first-order chi connectivity index (χ1) is 9.31. The number of nitrogens with one attached hydrogen (secondary N) is 1. The van der Waals surface area contributed by atoms with Crippen LogP contribution in [0.25, 0.3) is 0 Å². The minimum absolute atomic E-state index is 0.288. The Balaban J connectivity index is 1.65. The van der Waals surface area contributed by atoms with Crippen LogP contribution >= 0.6 is 0 Å². The second-order valence-electron chi connectivity index (χ2n) is 5.01. The first kappa shape index (κ1) is 14.1. The Bertz CT molecular complexity index is 396. The zero-order chi connectivity index (χ0) is 13.5. The lowest BCUT2D eigenvalue weighted by Crippen LogP contribution is -2.37. The maximum Gasteiger partial charge on any atom is 0.223 e. The lowest BCUT2D eigenvalue weighted by atomic mass is 10.1. The fraction of sp³-hybridized carbons (Fsp3) is 0.714. The second-order valence-corrected chi connectivity index (χ2v) is 5.01. The largest absolute Gasteiger partial charge is 0.343 e. The van der Waals surface area contributed by atoms with Gasteiger partial charge in [-0.1, -0.05) is 0 Å². The first-order valence-electron chi connectivity index (χ1n) is 7.30. The number of hydrogen-bond donors (Lipinski definition) is 1. The van der Waals surface area contributed by atoms with E-state index in [1.54, 1.807) is 0 Å². The average Bonchev–Trinajstić information content (AvgIpc) is 2.91. The quantitative estimate of drug-likeness (QED) is 0.790. The van der Waals surface area contributed by atoms with E-state index in [9.17, 15) is 4.79 Å². The number of piperidine rings is 1. The number of rotatable bonds is 6. The van der Waals surface area contributed by atoms with Crippen molar-refractivity contribution in [1.82, 2.24) is 20.0 Å². The van der Waals surface area contributed by atoms with E-state index in [1.807, 2.05) is 21.8 Å². The van der Waals surface area contributed by atoms with Crippen molar-refractivity contribution in [1.29, 1.82) is 0 Å². The Labute approximate surface area is 115 Å². The molecule has 1 aromatic rings. The number of carbonyl (C=O) groups excluding carboxylic acids is 1. The van der Waals surface area contributed by atoms with E-state index < -0.39 is 0 Å². The molecule has 1 fully saturated rings. The van der Waals surface area contributed by atoms with E-state index in [-0.39, 0.29) is 5.91 Å². The van der Waals surface area contributed by atoms with Crippen LogP contribution < -0.4 is 5.32 Å². The maximum absolute atomic E-state index is 12.0. The highest BCUT2D eigenvalue weighted by Gasteiger charge is 2.15. The molecule has 1 aliphatic heterocycles. The molecule has 0 radical (unpaired) electrons. The summed E-state index contributed by atoms with van der Waals surface area (Å²) in [6, 6.07) is 2.02. The highest BCUT2D eigenvalue weighted by atomic mass is 16.2. The SMILES string of the molecule is CCn1nccc1CNCCC(=O)N1CCCCC1. The van der Waals surface area contributed by atoms with Crippen LogP contribution in [-0.4, -0.2) is 40.2 Å². The molecule has 0 atom stereocenters. The third-order valence-corrected chi connectivity index (χ3v) is 3.63. The zero-order valence-electron chi connectivity index (χ0n) is 11.8. The summed E-state index contributed by atoms with van der Waals surface area (Å²) in [5.41, 5.74) is 1.17. The van der Waals surface area contributed by atoms with E-state index >= 15 is 0 Å². The van der Waals surface area contributed by atoms with E-state index in [1.165, 1.54) is 12.1 Å². The minimum atomic E-state index is 0.288. The van der Waals surface area contributed by atoms with Crippen LogP contribution in [0.15, 0.2) is 12.3 Å². The van der Waals surface area contributed by atoms with Gasteiger partial charge in [-0.25, -0.2) is 0 Å². The van der Waals surface area contributed by atoms with E-state index in [0.717, 1.165) is 45.6 Å². The van der Waals surface area contributed by atoms with Crippen molar-refractivity contribution < 1.29 is 4.79 Å². The maximum atomic E-state index is 12.0. The number of aryl methyl sites for hydroxylation is 1. The van der Waals surface area contributed by atoms with Crippen LogP contribution in [0.5, 0.6) is 0 Å². The van der Waals surface area contributed by atoms with Gasteiger partial charge in [-0.2, -0.15) is 5.10 Å². The molecule has 5 heteroatoms. The molecule has 0 saturated carbocycles. The molecule has 5 nitrogen and oxygen atoms in total. The molecular formula is C14H24N4O. The van der Waals surface area contributed by atoms with Gasteiger partial charge in [-0.15, -0.1) is 0 Å². The van der Waals surface area contributed by atoms with Gasteiger partial charge in [0.25, 0.3) is 0 Å². The van der Waals surface area contributed by atoms with Crippen molar-refractivity contribution in [2.24, 2.45) is 0 Å². The number of aromatic nitrogens is 2. The minimum Gasteiger partial charge on any atom is -0.343 e. The van der Waals surface area contributed by atoms with Crippen LogP contribution in [0.1, 0.15) is 38.3 Å². The van der Waals surface area contributed by atoms with E-state index in [0.29, 0.717) is 6.42 Å². The van der Waals surface area contributed by atoms with Crippen LogP contribution in [0.2, 0.25) is 0 Å². The van der Waals surface area contributed by atoms with Gasteiger partial charge in [0.1, 0.15) is 0 Å². The van der Waals surface area contributed by atoms with E-state index in [4.69, 9.17) is 0 Å². The molecule has 1 N–H and O–H groups in total. The van der Waals surface area contributed by atoms with Crippen LogP contribution in [-0.2, 0) is 17.9 Å². The normalized spacial score (nSPS) is 15.7. The lowest BCUT2D eigenvalue weighted by molar-refractivity contribution is -0.131. The molecule has 0 aliphatic carbocycles. The zero-order valence-corrected chi connectivity index (χ0v) is 11.8. The van der Waals surface area contributed by atoms with Gasteiger partial charge in [0.15, 0.2) is 0 Å². The second kappa shape index (κ2) is 7.28. The summed E-state index contributed by atoms with van der Waals surface area (Å²) < 4.78 is 1.97. The molecule has 2 heterocycles. The van der Waals surface area contributed by atoms with Crippen molar-refractivity contribution in [2.45, 2.75) is 45.7 Å². The van der Waals surface area contributed by atoms with Gasteiger partial charge in [0.2, 0.25) is 5.91 Å². The molecule has 0 bridgehead atoms. The molecule has 2 rings (SSSR count). The number of hydrogen-bond acceptors (Lipinski definition) is 3. The Hall–Kier alpha value is -1.36. The molecular weight excluding hydrogens is 240 g/mol. The standard InChI is InChI=1S/C14H24N4O/c1-2-18-13(6-9-16-18)12-15-8-7-14(19)17-10-4-3-5-11-17/h6,9,15H,2-5,7-8,10-12H2,1H3. The monoisotopic (exact) mass is 264 g/mol. The summed E-state index contributed by atoms with van der Waals surface area (Å²) in [6.45, 7) is 6.38. The van der Waals surface area contributed by atoms with E-state index in [2.05, 4.69) is 17.3 Å². The van der Waals surface area contributed by atoms with Crippen molar-refractivity contribution in [3.63, 3.8) is 0 Å². The number of carbonyl (C=O) groups is 1. The summed E-state index contributed by atoms with van der Waals surface area (Å²) in [6.07, 6.45) is 6.01. The van der Waals surface area contributed by atoms with Gasteiger partial charge in [0.05, 0.1) is 5.69 Å². The predicted molar refractivity (Wildman–Crippen MR) is 74.7 cm³/mol. The summed E-state index contributed by atoms with van der Waals surface area (Å²) in [7, 11) is 0. The van der Waals surface area contributed by atoms with Crippen molar-refractivity contribution in [3.8, 4) is 0 Å². The number of likely N-dealkylation sites (tertiary alicyclic amines) is 1. The van der Waals surface area contributed by atoms with Crippen LogP contribution in [0, 0.1) is 0 Å². The highest BCUT2D eigenvalue weighted by Crippen LogP contribution is 2.09. The highest BCUT2D eigenvalue weighted by molar-refractivity contribution is 5.76. The molecule has 0 unspecified atom stereocenters. The molecule has 19 heavy (non-hydrogen) atoms. The Morgan fingerprint density at radius 2 is 2.16 bits per heavy atom. The third-order valence-electron chi connectivity index (χ3n) is 3.63.